The van der Waals surface area contributed by atoms with Gasteiger partial charge in [-0.25, -0.2) is 9.78 Å². The Morgan fingerprint density at radius 3 is 2.59 bits per heavy atom. The van der Waals surface area contributed by atoms with Crippen LogP contribution in [0.1, 0.15) is 37.5 Å². The number of benzene rings is 2. The number of esters is 1. The molecule has 6 nitrogen and oxygen atoms in total. The van der Waals surface area contributed by atoms with Gasteiger partial charge in [0.15, 0.2) is 0 Å². The second-order valence-electron chi connectivity index (χ2n) is 6.57. The molecule has 0 aliphatic carbocycles. The molecule has 1 heterocycles. The normalized spacial score (nSPS) is 10.5. The molecule has 3 aromatic rings. The number of thiazole rings is 1. The van der Waals surface area contributed by atoms with E-state index in [0.29, 0.717) is 17.0 Å². The average molecular weight is 410 g/mol. The molecule has 1 amide bonds. The molecule has 150 valence electrons. The van der Waals surface area contributed by atoms with Crippen molar-refractivity contribution in [3.05, 3.63) is 69.7 Å². The Labute approximate surface area is 173 Å². The van der Waals surface area contributed by atoms with E-state index in [9.17, 15) is 9.59 Å². The lowest BCUT2D eigenvalue weighted by Gasteiger charge is -2.10. The molecule has 1 aromatic heterocycles. The van der Waals surface area contributed by atoms with Gasteiger partial charge in [-0.1, -0.05) is 29.8 Å². The number of nitrogens with zero attached hydrogens (tertiary/aromatic N) is 1. The number of amides is 1. The van der Waals surface area contributed by atoms with Crippen molar-refractivity contribution in [3.8, 4) is 16.3 Å². The quantitative estimate of drug-likeness (QED) is 0.618. The molecule has 0 saturated heterocycles. The summed E-state index contributed by atoms with van der Waals surface area (Å²) in [6.07, 6.45) is 0. The summed E-state index contributed by atoms with van der Waals surface area (Å²) in [7, 11) is 2.80. The summed E-state index contributed by atoms with van der Waals surface area (Å²) in [6, 6.07) is 11.3. The second-order valence-corrected chi connectivity index (χ2v) is 7.42. The van der Waals surface area contributed by atoms with Gasteiger partial charge in [0.05, 0.1) is 14.2 Å². The average Bonchev–Trinajstić information content (AvgIpc) is 3.21. The third kappa shape index (κ3) is 4.63. The summed E-state index contributed by atoms with van der Waals surface area (Å²) >= 11 is 1.44. The van der Waals surface area contributed by atoms with Gasteiger partial charge in [0.1, 0.15) is 22.0 Å². The van der Waals surface area contributed by atoms with Crippen LogP contribution in [-0.2, 0) is 11.3 Å². The van der Waals surface area contributed by atoms with Gasteiger partial charge in [-0.2, -0.15) is 0 Å². The van der Waals surface area contributed by atoms with Crippen molar-refractivity contribution in [1.29, 1.82) is 0 Å². The minimum absolute atomic E-state index is 0.253. The van der Waals surface area contributed by atoms with Crippen LogP contribution in [0.5, 0.6) is 5.75 Å². The summed E-state index contributed by atoms with van der Waals surface area (Å²) in [5.41, 5.74) is 4.77. The van der Waals surface area contributed by atoms with E-state index in [1.54, 1.807) is 23.6 Å². The van der Waals surface area contributed by atoms with Gasteiger partial charge in [0, 0.05) is 17.5 Å². The fourth-order valence-corrected chi connectivity index (χ4v) is 3.85. The van der Waals surface area contributed by atoms with Crippen LogP contribution in [-0.4, -0.2) is 31.1 Å². The molecule has 0 spiro atoms. The van der Waals surface area contributed by atoms with Crippen molar-refractivity contribution in [3.63, 3.8) is 0 Å². The first-order valence-corrected chi connectivity index (χ1v) is 9.87. The van der Waals surface area contributed by atoms with Crippen LogP contribution >= 0.6 is 11.3 Å². The number of aromatic nitrogens is 1. The summed E-state index contributed by atoms with van der Waals surface area (Å²) in [6.45, 7) is 4.33. The summed E-state index contributed by atoms with van der Waals surface area (Å²) in [5, 5.41) is 5.40. The molecule has 0 aliphatic rings. The van der Waals surface area contributed by atoms with E-state index in [0.717, 1.165) is 21.7 Å². The maximum Gasteiger partial charge on any atom is 0.341 e. The summed E-state index contributed by atoms with van der Waals surface area (Å²) < 4.78 is 9.96. The summed E-state index contributed by atoms with van der Waals surface area (Å²) in [4.78, 5) is 28.9. The Morgan fingerprint density at radius 1 is 1.10 bits per heavy atom. The minimum Gasteiger partial charge on any atom is -0.496 e. The van der Waals surface area contributed by atoms with Crippen LogP contribution in [0.4, 0.5) is 0 Å². The number of hydrogen-bond donors (Lipinski definition) is 1. The number of carbonyl (C=O) groups is 2. The fraction of sp³-hybridized carbons (Fsp3) is 0.227. The molecule has 0 unspecified atom stereocenters. The Balaban J connectivity index is 1.72. The second kappa shape index (κ2) is 8.87. The molecule has 0 atom stereocenters. The predicted molar refractivity (Wildman–Crippen MR) is 113 cm³/mol. The Bertz CT molecular complexity index is 1060. The molecule has 0 bridgehead atoms. The van der Waals surface area contributed by atoms with Gasteiger partial charge >= 0.3 is 5.97 Å². The van der Waals surface area contributed by atoms with Crippen molar-refractivity contribution >= 4 is 23.2 Å². The van der Waals surface area contributed by atoms with Gasteiger partial charge < -0.3 is 14.8 Å². The number of ether oxygens (including phenoxy) is 2. The highest BCUT2D eigenvalue weighted by molar-refractivity contribution is 7.13. The third-order valence-corrected chi connectivity index (χ3v) is 5.35. The van der Waals surface area contributed by atoms with Gasteiger partial charge in [-0.15, -0.1) is 11.3 Å². The zero-order chi connectivity index (χ0) is 21.0. The molecular weight excluding hydrogens is 388 g/mol. The maximum atomic E-state index is 12.5. The lowest BCUT2D eigenvalue weighted by atomic mass is 10.1. The SMILES string of the molecule is COC(=O)c1cc(CNC(=O)c2csc(-c3ccc(C)cc3C)n2)ccc1OC. The van der Waals surface area contributed by atoms with E-state index in [2.05, 4.69) is 16.4 Å². The Morgan fingerprint density at radius 2 is 1.90 bits per heavy atom. The molecule has 0 aliphatic heterocycles. The van der Waals surface area contributed by atoms with E-state index in [-0.39, 0.29) is 12.5 Å². The molecule has 3 rings (SSSR count). The van der Waals surface area contributed by atoms with Gasteiger partial charge in [0.25, 0.3) is 5.91 Å². The Kier molecular flexibility index (Phi) is 6.29. The van der Waals surface area contributed by atoms with Gasteiger partial charge in [0.2, 0.25) is 0 Å². The van der Waals surface area contributed by atoms with Gasteiger partial charge in [-0.3, -0.25) is 4.79 Å². The van der Waals surface area contributed by atoms with Gasteiger partial charge in [-0.05, 0) is 37.1 Å². The highest BCUT2D eigenvalue weighted by atomic mass is 32.1. The smallest absolute Gasteiger partial charge is 0.341 e. The molecule has 0 radical (unpaired) electrons. The minimum atomic E-state index is -0.493. The molecule has 1 N–H and O–H groups in total. The highest BCUT2D eigenvalue weighted by Crippen LogP contribution is 2.27. The van der Waals surface area contributed by atoms with Crippen molar-refractivity contribution < 1.29 is 19.1 Å². The fourth-order valence-electron chi connectivity index (χ4n) is 2.96. The zero-order valence-electron chi connectivity index (χ0n) is 16.7. The van der Waals surface area contributed by atoms with Crippen LogP contribution in [0, 0.1) is 13.8 Å². The van der Waals surface area contributed by atoms with E-state index in [1.807, 2.05) is 26.0 Å². The van der Waals surface area contributed by atoms with Crippen LogP contribution < -0.4 is 10.1 Å². The molecule has 29 heavy (non-hydrogen) atoms. The molecule has 0 saturated carbocycles. The monoisotopic (exact) mass is 410 g/mol. The molecule has 2 aromatic carbocycles. The molecule has 0 fully saturated rings. The zero-order valence-corrected chi connectivity index (χ0v) is 17.6. The van der Waals surface area contributed by atoms with Crippen molar-refractivity contribution in [2.45, 2.75) is 20.4 Å². The van der Waals surface area contributed by atoms with Crippen LogP contribution in [0.2, 0.25) is 0 Å². The lowest BCUT2D eigenvalue weighted by Crippen LogP contribution is -2.23. The number of carbonyl (C=O) groups excluding carboxylic acids is 2. The highest BCUT2D eigenvalue weighted by Gasteiger charge is 2.16. The van der Waals surface area contributed by atoms with E-state index < -0.39 is 5.97 Å². The van der Waals surface area contributed by atoms with Crippen LogP contribution in [0.15, 0.2) is 41.8 Å². The van der Waals surface area contributed by atoms with E-state index in [4.69, 9.17) is 9.47 Å². The molecular formula is C22H22N2O4S. The Hall–Kier alpha value is -3.19. The number of rotatable bonds is 6. The first-order chi connectivity index (χ1) is 13.9. The van der Waals surface area contributed by atoms with E-state index in [1.165, 1.54) is 31.1 Å². The summed E-state index contributed by atoms with van der Waals surface area (Å²) in [5.74, 6) is -0.343. The van der Waals surface area contributed by atoms with Crippen LogP contribution in [0.25, 0.3) is 10.6 Å². The van der Waals surface area contributed by atoms with Crippen LogP contribution in [0.3, 0.4) is 0 Å². The standard InChI is InChI=1S/C22H22N2O4S/c1-13-5-7-16(14(2)9-13)21-24-18(12-29-21)20(25)23-11-15-6-8-19(27-3)17(10-15)22(26)28-4/h5-10,12H,11H2,1-4H3,(H,23,25). The first-order valence-electron chi connectivity index (χ1n) is 8.99. The number of nitrogens with one attached hydrogen (secondary N) is 1. The predicted octanol–water partition coefficient (Wildman–Crippen LogP) is 4.15. The van der Waals surface area contributed by atoms with Crippen molar-refractivity contribution in [2.24, 2.45) is 0 Å². The maximum absolute atomic E-state index is 12.5. The lowest BCUT2D eigenvalue weighted by molar-refractivity contribution is 0.0597. The number of hydrogen-bond acceptors (Lipinski definition) is 6. The third-order valence-electron chi connectivity index (χ3n) is 4.47. The number of aryl methyl sites for hydroxylation is 2. The van der Waals surface area contributed by atoms with Crippen molar-refractivity contribution in [1.82, 2.24) is 10.3 Å². The molecule has 7 heteroatoms. The van der Waals surface area contributed by atoms with Crippen molar-refractivity contribution in [2.75, 3.05) is 14.2 Å². The largest absolute Gasteiger partial charge is 0.496 e. The topological polar surface area (TPSA) is 77.5 Å². The van der Waals surface area contributed by atoms with E-state index >= 15 is 0 Å². The first kappa shape index (κ1) is 20.5. The number of methoxy groups -OCH3 is 2.